The number of aliphatic hydroxyl groups excluding tert-OH is 1. The van der Waals surface area contributed by atoms with Crippen molar-refractivity contribution in [3.63, 3.8) is 0 Å². The number of aromatic nitrogens is 3. The third-order valence-corrected chi connectivity index (χ3v) is 6.94. The molecule has 37 heavy (non-hydrogen) atoms. The number of β-amino-alcohol motifs (C(OH)–C–C–N with tert-alkyl or cyclic N) is 1. The average molecular weight is 522 g/mol. The minimum absolute atomic E-state index is 0.00187. The third kappa shape index (κ3) is 6.84. The summed E-state index contributed by atoms with van der Waals surface area (Å²) in [6.07, 6.45) is 5.13. The molecule has 3 aromatic rings. The van der Waals surface area contributed by atoms with Crippen molar-refractivity contribution in [3.05, 3.63) is 65.4 Å². The van der Waals surface area contributed by atoms with Crippen molar-refractivity contribution in [2.45, 2.75) is 69.8 Å². The highest BCUT2D eigenvalue weighted by molar-refractivity contribution is 5.94. The van der Waals surface area contributed by atoms with Crippen LogP contribution in [0.25, 0.3) is 5.65 Å². The van der Waals surface area contributed by atoms with Gasteiger partial charge in [0.2, 0.25) is 0 Å². The van der Waals surface area contributed by atoms with Gasteiger partial charge < -0.3 is 10.4 Å². The van der Waals surface area contributed by atoms with Gasteiger partial charge in [0.1, 0.15) is 18.3 Å². The SMILES string of the molecule is O=C(NCc1cccc(C(F)F)c1F)c1ccc2ncnn2c1.OC1CN(C2CCCCC2)CCC1F. The Hall–Kier alpha value is -3.05. The Balaban J connectivity index is 0.000000195. The summed E-state index contributed by atoms with van der Waals surface area (Å²) in [5.41, 5.74) is 0.199. The number of aliphatic hydroxyl groups is 1. The summed E-state index contributed by atoms with van der Waals surface area (Å²) in [5.74, 6) is -1.47. The largest absolute Gasteiger partial charge is 0.389 e. The van der Waals surface area contributed by atoms with Gasteiger partial charge in [-0.25, -0.2) is 27.1 Å². The molecular weight excluding hydrogens is 490 g/mol. The van der Waals surface area contributed by atoms with Crippen LogP contribution in [0.1, 0.15) is 66.4 Å². The van der Waals surface area contributed by atoms with E-state index in [0.29, 0.717) is 30.2 Å². The summed E-state index contributed by atoms with van der Waals surface area (Å²) in [4.78, 5) is 18.3. The number of benzene rings is 1. The molecule has 2 unspecified atom stereocenters. The molecule has 1 saturated carbocycles. The van der Waals surface area contributed by atoms with Crippen molar-refractivity contribution in [2.24, 2.45) is 0 Å². The predicted molar refractivity (Wildman–Crippen MR) is 129 cm³/mol. The number of alkyl halides is 3. The minimum Gasteiger partial charge on any atom is -0.389 e. The molecule has 5 rings (SSSR count). The van der Waals surface area contributed by atoms with Gasteiger partial charge in [-0.2, -0.15) is 5.10 Å². The number of likely N-dealkylation sites (tertiary alicyclic amines) is 1. The van der Waals surface area contributed by atoms with Crippen molar-refractivity contribution in [3.8, 4) is 0 Å². The highest BCUT2D eigenvalue weighted by Gasteiger charge is 2.31. The van der Waals surface area contributed by atoms with Crippen molar-refractivity contribution >= 4 is 11.6 Å². The van der Waals surface area contributed by atoms with Crippen LogP contribution in [0.15, 0.2) is 42.9 Å². The van der Waals surface area contributed by atoms with Crippen LogP contribution >= 0.6 is 0 Å². The first kappa shape index (κ1) is 27.0. The molecule has 3 heterocycles. The first-order valence-corrected chi connectivity index (χ1v) is 12.5. The summed E-state index contributed by atoms with van der Waals surface area (Å²) >= 11 is 0. The Kier molecular flexibility index (Phi) is 9.09. The number of carbonyl (C=O) groups excluding carboxylic acids is 1. The summed E-state index contributed by atoms with van der Waals surface area (Å²) in [7, 11) is 0. The second kappa shape index (κ2) is 12.5. The lowest BCUT2D eigenvalue weighted by Gasteiger charge is -2.39. The Morgan fingerprint density at radius 1 is 1.14 bits per heavy atom. The Labute approximate surface area is 212 Å². The first-order valence-electron chi connectivity index (χ1n) is 12.5. The molecule has 0 radical (unpaired) electrons. The molecule has 2 atom stereocenters. The molecule has 11 heteroatoms. The molecule has 0 bridgehead atoms. The van der Waals surface area contributed by atoms with Gasteiger partial charge in [-0.15, -0.1) is 0 Å². The van der Waals surface area contributed by atoms with Gasteiger partial charge in [0.15, 0.2) is 5.65 Å². The van der Waals surface area contributed by atoms with Crippen LogP contribution in [0.5, 0.6) is 0 Å². The van der Waals surface area contributed by atoms with E-state index in [0.717, 1.165) is 12.6 Å². The zero-order chi connectivity index (χ0) is 26.4. The Morgan fingerprint density at radius 2 is 1.92 bits per heavy atom. The lowest BCUT2D eigenvalue weighted by atomic mass is 9.92. The van der Waals surface area contributed by atoms with Crippen molar-refractivity contribution in [2.75, 3.05) is 13.1 Å². The number of nitrogens with one attached hydrogen (secondary N) is 1. The number of amides is 1. The van der Waals surface area contributed by atoms with Crippen LogP contribution in [-0.2, 0) is 6.54 Å². The van der Waals surface area contributed by atoms with Gasteiger partial charge in [0.25, 0.3) is 12.3 Å². The fourth-order valence-electron chi connectivity index (χ4n) is 4.84. The van der Waals surface area contributed by atoms with E-state index in [1.54, 1.807) is 12.1 Å². The van der Waals surface area contributed by atoms with Crippen LogP contribution in [0, 0.1) is 5.82 Å². The maximum absolute atomic E-state index is 13.9. The maximum Gasteiger partial charge on any atom is 0.266 e. The van der Waals surface area contributed by atoms with Crippen molar-refractivity contribution in [1.82, 2.24) is 24.8 Å². The molecule has 2 N–H and O–H groups in total. The molecule has 1 aliphatic heterocycles. The van der Waals surface area contributed by atoms with E-state index in [-0.39, 0.29) is 12.1 Å². The fraction of sp³-hybridized carbons (Fsp3) is 0.500. The predicted octanol–water partition coefficient (Wildman–Crippen LogP) is 4.46. The number of nitrogens with zero attached hydrogens (tertiary/aromatic N) is 4. The van der Waals surface area contributed by atoms with Crippen LogP contribution in [0.2, 0.25) is 0 Å². The number of hydrogen-bond acceptors (Lipinski definition) is 5. The summed E-state index contributed by atoms with van der Waals surface area (Å²) in [5, 5.41) is 15.9. The van der Waals surface area contributed by atoms with Gasteiger partial charge in [0.05, 0.1) is 17.2 Å². The highest BCUT2D eigenvalue weighted by atomic mass is 19.3. The van der Waals surface area contributed by atoms with Gasteiger partial charge in [0, 0.05) is 37.4 Å². The summed E-state index contributed by atoms with van der Waals surface area (Å²) < 4.78 is 53.6. The van der Waals surface area contributed by atoms with E-state index in [1.807, 2.05) is 0 Å². The van der Waals surface area contributed by atoms with E-state index in [9.17, 15) is 27.5 Å². The van der Waals surface area contributed by atoms with E-state index < -0.39 is 36.0 Å². The van der Waals surface area contributed by atoms with Crippen LogP contribution in [-0.4, -0.2) is 61.9 Å². The molecule has 1 aromatic carbocycles. The van der Waals surface area contributed by atoms with Gasteiger partial charge in [-0.05, 0) is 31.4 Å². The smallest absolute Gasteiger partial charge is 0.266 e. The Bertz CT molecular complexity index is 1180. The highest BCUT2D eigenvalue weighted by Crippen LogP contribution is 2.26. The lowest BCUT2D eigenvalue weighted by Crippen LogP contribution is -2.49. The molecule has 200 valence electrons. The number of halogens is 4. The van der Waals surface area contributed by atoms with Crippen LogP contribution < -0.4 is 5.32 Å². The zero-order valence-corrected chi connectivity index (χ0v) is 20.4. The molecule has 1 amide bonds. The summed E-state index contributed by atoms with van der Waals surface area (Å²) in [6, 6.07) is 7.47. The first-order chi connectivity index (χ1) is 17.8. The average Bonchev–Trinajstić information content (AvgIpc) is 3.38. The molecule has 0 spiro atoms. The fourth-order valence-corrected chi connectivity index (χ4v) is 4.84. The second-order valence-corrected chi connectivity index (χ2v) is 9.44. The molecule has 2 fully saturated rings. The number of fused-ring (bicyclic) bond motifs is 1. The quantitative estimate of drug-likeness (QED) is 0.485. The van der Waals surface area contributed by atoms with E-state index >= 15 is 0 Å². The molecule has 2 aromatic heterocycles. The lowest BCUT2D eigenvalue weighted by molar-refractivity contribution is -0.0174. The van der Waals surface area contributed by atoms with Crippen LogP contribution in [0.4, 0.5) is 17.6 Å². The van der Waals surface area contributed by atoms with E-state index in [2.05, 4.69) is 20.3 Å². The van der Waals surface area contributed by atoms with Crippen molar-refractivity contribution < 1.29 is 27.5 Å². The standard InChI is InChI=1S/C15H11F3N4O.C11H20FNO/c16-13-9(2-1-3-11(13)14(17)18)6-19-15(23)10-4-5-12-20-8-21-22(12)7-10;12-10-6-7-13(8-11(10)14)9-4-2-1-3-5-9/h1-5,7-8,14H,6H2,(H,19,23);9-11,14H,1-8H2. The zero-order valence-electron chi connectivity index (χ0n) is 20.4. The Morgan fingerprint density at radius 3 is 2.65 bits per heavy atom. The molecule has 2 aliphatic rings. The van der Waals surface area contributed by atoms with E-state index in [1.165, 1.54) is 61.3 Å². The normalized spacial score (nSPS) is 21.0. The minimum atomic E-state index is -2.90. The second-order valence-electron chi connectivity index (χ2n) is 9.44. The maximum atomic E-state index is 13.9. The molecule has 1 aliphatic carbocycles. The van der Waals surface area contributed by atoms with Crippen molar-refractivity contribution in [1.29, 1.82) is 0 Å². The molecular formula is C26H31F4N5O2. The number of pyridine rings is 1. The van der Waals surface area contributed by atoms with Gasteiger partial charge in [-0.3, -0.25) is 9.69 Å². The molecule has 7 nitrogen and oxygen atoms in total. The number of piperidine rings is 1. The van der Waals surface area contributed by atoms with Gasteiger partial charge in [-0.1, -0.05) is 37.5 Å². The van der Waals surface area contributed by atoms with Gasteiger partial charge >= 0.3 is 0 Å². The number of hydrogen-bond donors (Lipinski definition) is 2. The number of carbonyl (C=O) groups is 1. The number of rotatable bonds is 5. The van der Waals surface area contributed by atoms with Crippen LogP contribution in [0.3, 0.4) is 0 Å². The summed E-state index contributed by atoms with van der Waals surface area (Å²) in [6.45, 7) is 1.19. The van der Waals surface area contributed by atoms with E-state index in [4.69, 9.17) is 0 Å². The third-order valence-electron chi connectivity index (χ3n) is 6.94. The topological polar surface area (TPSA) is 82.8 Å². The molecule has 1 saturated heterocycles. The monoisotopic (exact) mass is 521 g/mol.